The Labute approximate surface area is 152 Å². The Morgan fingerprint density at radius 1 is 0.920 bits per heavy atom. The van der Waals surface area contributed by atoms with E-state index in [0.717, 1.165) is 44.5 Å². The topological polar surface area (TPSA) is 53.8 Å². The van der Waals surface area contributed by atoms with Gasteiger partial charge in [0, 0.05) is 32.6 Å². The van der Waals surface area contributed by atoms with Crippen LogP contribution in [0.25, 0.3) is 0 Å². The smallest absolute Gasteiger partial charge is 0.257 e. The second kappa shape index (κ2) is 11.0. The third kappa shape index (κ3) is 6.56. The molecule has 1 aromatic heterocycles. The highest BCUT2D eigenvalue weighted by molar-refractivity contribution is 5.95. The van der Waals surface area contributed by atoms with Gasteiger partial charge in [0.1, 0.15) is 11.5 Å². The van der Waals surface area contributed by atoms with E-state index in [4.69, 9.17) is 4.42 Å². The van der Waals surface area contributed by atoms with Crippen molar-refractivity contribution in [2.24, 2.45) is 0 Å². The Kier molecular flexibility index (Phi) is 9.32. The number of unbranched alkanes of at least 4 members (excludes halogenated alkanes) is 1. The van der Waals surface area contributed by atoms with Crippen LogP contribution in [-0.2, 0) is 4.79 Å². The van der Waals surface area contributed by atoms with E-state index in [2.05, 4.69) is 20.8 Å². The predicted molar refractivity (Wildman–Crippen MR) is 101 cm³/mol. The van der Waals surface area contributed by atoms with Crippen molar-refractivity contribution in [1.29, 1.82) is 0 Å². The summed E-state index contributed by atoms with van der Waals surface area (Å²) >= 11 is 0. The van der Waals surface area contributed by atoms with E-state index in [1.165, 1.54) is 0 Å². The normalized spacial score (nSPS) is 10.8. The van der Waals surface area contributed by atoms with Crippen LogP contribution in [0.15, 0.2) is 10.5 Å². The Bertz CT molecular complexity index is 545. The quantitative estimate of drug-likeness (QED) is 0.602. The number of amides is 2. The molecule has 0 aromatic carbocycles. The lowest BCUT2D eigenvalue weighted by atomic mass is 10.2. The minimum absolute atomic E-state index is 0.0341. The number of hydrogen-bond donors (Lipinski definition) is 0. The van der Waals surface area contributed by atoms with Crippen LogP contribution >= 0.6 is 0 Å². The number of nitrogens with zero attached hydrogens (tertiary/aromatic N) is 2. The summed E-state index contributed by atoms with van der Waals surface area (Å²) in [5.41, 5.74) is 0.611. The van der Waals surface area contributed by atoms with E-state index in [0.29, 0.717) is 30.8 Å². The predicted octanol–water partition coefficient (Wildman–Crippen LogP) is 4.18. The fourth-order valence-corrected chi connectivity index (χ4v) is 2.97. The van der Waals surface area contributed by atoms with E-state index >= 15 is 0 Å². The second-order valence-electron chi connectivity index (χ2n) is 6.60. The molecule has 1 heterocycles. The number of carbonyl (C=O) groups is 2. The average Bonchev–Trinajstić information content (AvgIpc) is 2.92. The molecule has 0 N–H and O–H groups in total. The lowest BCUT2D eigenvalue weighted by molar-refractivity contribution is -0.131. The Morgan fingerprint density at radius 3 is 2.04 bits per heavy atom. The highest BCUT2D eigenvalue weighted by Crippen LogP contribution is 2.17. The lowest BCUT2D eigenvalue weighted by Crippen LogP contribution is -2.38. The number of hydrogen-bond acceptors (Lipinski definition) is 3. The molecule has 0 aliphatic carbocycles. The minimum Gasteiger partial charge on any atom is -0.466 e. The zero-order valence-corrected chi connectivity index (χ0v) is 16.6. The van der Waals surface area contributed by atoms with Crippen molar-refractivity contribution >= 4 is 11.8 Å². The monoisotopic (exact) mass is 350 g/mol. The first-order valence-electron chi connectivity index (χ1n) is 9.58. The number of carbonyl (C=O) groups excluding carboxylic acids is 2. The van der Waals surface area contributed by atoms with Crippen LogP contribution in [0.3, 0.4) is 0 Å². The molecule has 1 aromatic rings. The van der Waals surface area contributed by atoms with E-state index in [9.17, 15) is 9.59 Å². The lowest BCUT2D eigenvalue weighted by Gasteiger charge is -2.25. The molecule has 2 amide bonds. The van der Waals surface area contributed by atoms with Crippen LogP contribution < -0.4 is 0 Å². The average molecular weight is 351 g/mol. The number of rotatable bonds is 11. The molecule has 0 bridgehead atoms. The molecule has 0 spiro atoms. The fraction of sp³-hybridized carbons (Fsp3) is 0.700. The van der Waals surface area contributed by atoms with Gasteiger partial charge in [-0.2, -0.15) is 0 Å². The van der Waals surface area contributed by atoms with Crippen molar-refractivity contribution in [1.82, 2.24) is 9.80 Å². The number of furan rings is 1. The third-order valence-electron chi connectivity index (χ3n) is 4.28. The molecule has 0 aliphatic heterocycles. The summed E-state index contributed by atoms with van der Waals surface area (Å²) in [7, 11) is 0. The molecular formula is C20H34N2O3. The van der Waals surface area contributed by atoms with Crippen LogP contribution in [0.5, 0.6) is 0 Å². The number of aryl methyl sites for hydroxylation is 2. The Hall–Kier alpha value is -1.78. The van der Waals surface area contributed by atoms with Gasteiger partial charge in [-0.1, -0.05) is 27.2 Å². The SMILES string of the molecule is CCCCN(CCC(=O)N(CCC)CCC)C(=O)c1cc(C)oc1C. The summed E-state index contributed by atoms with van der Waals surface area (Å²) in [4.78, 5) is 29.1. The molecule has 0 radical (unpaired) electrons. The highest BCUT2D eigenvalue weighted by Gasteiger charge is 2.22. The fourth-order valence-electron chi connectivity index (χ4n) is 2.97. The van der Waals surface area contributed by atoms with E-state index in [-0.39, 0.29) is 11.8 Å². The maximum Gasteiger partial charge on any atom is 0.257 e. The Morgan fingerprint density at radius 2 is 1.56 bits per heavy atom. The maximum absolute atomic E-state index is 12.9. The van der Waals surface area contributed by atoms with Crippen molar-refractivity contribution in [2.75, 3.05) is 26.2 Å². The molecule has 0 fully saturated rings. The standard InChI is InChI=1S/C20H34N2O3/c1-6-9-13-22(20(24)18-15-16(4)25-17(18)5)14-10-19(23)21(11-7-2)12-8-3/h15H,6-14H2,1-5H3. The molecule has 1 rings (SSSR count). The van der Waals surface area contributed by atoms with Crippen molar-refractivity contribution < 1.29 is 14.0 Å². The molecule has 5 heteroatoms. The van der Waals surface area contributed by atoms with Crippen molar-refractivity contribution in [3.8, 4) is 0 Å². The van der Waals surface area contributed by atoms with Gasteiger partial charge in [0.15, 0.2) is 0 Å². The van der Waals surface area contributed by atoms with Crippen LogP contribution in [0.2, 0.25) is 0 Å². The third-order valence-corrected chi connectivity index (χ3v) is 4.28. The van der Waals surface area contributed by atoms with Crippen LogP contribution in [0.1, 0.15) is 74.8 Å². The zero-order chi connectivity index (χ0) is 18.8. The van der Waals surface area contributed by atoms with Crippen LogP contribution in [-0.4, -0.2) is 47.8 Å². The molecule has 0 saturated carbocycles. The van der Waals surface area contributed by atoms with Crippen LogP contribution in [0.4, 0.5) is 0 Å². The molecule has 25 heavy (non-hydrogen) atoms. The van der Waals surface area contributed by atoms with Gasteiger partial charge in [0.2, 0.25) is 5.91 Å². The van der Waals surface area contributed by atoms with Crippen molar-refractivity contribution in [3.05, 3.63) is 23.2 Å². The second-order valence-corrected chi connectivity index (χ2v) is 6.60. The molecule has 0 aliphatic rings. The summed E-state index contributed by atoms with van der Waals surface area (Å²) in [6, 6.07) is 1.79. The molecule has 0 unspecified atom stereocenters. The van der Waals surface area contributed by atoms with Gasteiger partial charge in [0.05, 0.1) is 5.56 Å². The van der Waals surface area contributed by atoms with E-state index in [1.54, 1.807) is 11.0 Å². The first kappa shape index (κ1) is 21.3. The summed E-state index contributed by atoms with van der Waals surface area (Å²) < 4.78 is 5.50. The summed E-state index contributed by atoms with van der Waals surface area (Å²) in [5.74, 6) is 1.49. The van der Waals surface area contributed by atoms with Gasteiger partial charge in [-0.25, -0.2) is 0 Å². The first-order valence-corrected chi connectivity index (χ1v) is 9.58. The summed E-state index contributed by atoms with van der Waals surface area (Å²) in [6.07, 6.45) is 4.24. The van der Waals surface area contributed by atoms with Gasteiger partial charge < -0.3 is 14.2 Å². The maximum atomic E-state index is 12.9. The summed E-state index contributed by atoms with van der Waals surface area (Å²) in [5, 5.41) is 0. The van der Waals surface area contributed by atoms with E-state index < -0.39 is 0 Å². The highest BCUT2D eigenvalue weighted by atomic mass is 16.3. The van der Waals surface area contributed by atoms with Gasteiger partial charge in [-0.05, 0) is 39.2 Å². The Balaban J connectivity index is 2.76. The molecule has 142 valence electrons. The van der Waals surface area contributed by atoms with Gasteiger partial charge in [-0.3, -0.25) is 9.59 Å². The van der Waals surface area contributed by atoms with Crippen LogP contribution in [0, 0.1) is 13.8 Å². The van der Waals surface area contributed by atoms with Gasteiger partial charge in [-0.15, -0.1) is 0 Å². The van der Waals surface area contributed by atoms with Gasteiger partial charge in [0.25, 0.3) is 5.91 Å². The first-order chi connectivity index (χ1) is 11.9. The largest absolute Gasteiger partial charge is 0.466 e. The minimum atomic E-state index is -0.0341. The zero-order valence-electron chi connectivity index (χ0n) is 16.6. The molecule has 0 saturated heterocycles. The molecular weight excluding hydrogens is 316 g/mol. The molecule has 5 nitrogen and oxygen atoms in total. The van der Waals surface area contributed by atoms with Gasteiger partial charge >= 0.3 is 0 Å². The van der Waals surface area contributed by atoms with Crippen molar-refractivity contribution in [2.45, 2.75) is 66.7 Å². The van der Waals surface area contributed by atoms with E-state index in [1.807, 2.05) is 18.7 Å². The summed E-state index contributed by atoms with van der Waals surface area (Å²) in [6.45, 7) is 12.6. The van der Waals surface area contributed by atoms with Crippen molar-refractivity contribution in [3.63, 3.8) is 0 Å². The molecule has 0 atom stereocenters.